The Hall–Kier alpha value is -0.600. The molecular weight excluding hydrogens is 212 g/mol. The molecule has 0 amide bonds. The zero-order valence-electron chi connectivity index (χ0n) is 11.6. The summed E-state index contributed by atoms with van der Waals surface area (Å²) < 4.78 is 5.75. The van der Waals surface area contributed by atoms with E-state index >= 15 is 0 Å². The van der Waals surface area contributed by atoms with Gasteiger partial charge in [-0.3, -0.25) is 0 Å². The lowest BCUT2D eigenvalue weighted by Gasteiger charge is -2.09. The second-order valence-electron chi connectivity index (χ2n) is 5.68. The molecule has 1 heterocycles. The van der Waals surface area contributed by atoms with E-state index in [-0.39, 0.29) is 11.7 Å². The van der Waals surface area contributed by atoms with Crippen molar-refractivity contribution >= 4 is 0 Å². The average molecular weight is 238 g/mol. The van der Waals surface area contributed by atoms with E-state index in [0.717, 1.165) is 31.3 Å². The first-order chi connectivity index (χ1) is 7.85. The zero-order valence-corrected chi connectivity index (χ0v) is 11.6. The maximum atomic E-state index is 9.66. The van der Waals surface area contributed by atoms with Crippen molar-refractivity contribution in [1.29, 1.82) is 0 Å². The Morgan fingerprint density at radius 2 is 2.12 bits per heavy atom. The molecule has 0 aliphatic carbocycles. The number of aliphatic hydroxyl groups excluding tert-OH is 1. The van der Waals surface area contributed by atoms with Crippen LogP contribution in [0.3, 0.4) is 0 Å². The van der Waals surface area contributed by atoms with Gasteiger partial charge in [0.1, 0.15) is 0 Å². The monoisotopic (exact) mass is 238 g/mol. The van der Waals surface area contributed by atoms with Gasteiger partial charge in [-0.05, 0) is 53.4 Å². The lowest BCUT2D eigenvalue weighted by atomic mass is 9.96. The minimum Gasteiger partial charge on any atom is -0.389 e. The van der Waals surface area contributed by atoms with Gasteiger partial charge in [0.25, 0.3) is 0 Å². The van der Waals surface area contributed by atoms with Crippen LogP contribution < -0.4 is 0 Å². The largest absolute Gasteiger partial charge is 0.389 e. The normalized spacial score (nSPS) is 28.6. The van der Waals surface area contributed by atoms with Crippen molar-refractivity contribution in [3.8, 4) is 0 Å². The topological polar surface area (TPSA) is 32.8 Å². The summed E-state index contributed by atoms with van der Waals surface area (Å²) >= 11 is 0. The van der Waals surface area contributed by atoms with Crippen molar-refractivity contribution in [2.75, 3.05) is 0 Å². The Balaban J connectivity index is 2.22. The van der Waals surface area contributed by atoms with Crippen LogP contribution in [0.4, 0.5) is 0 Å². The molecule has 0 spiro atoms. The number of aliphatic hydroxyl groups is 1. The van der Waals surface area contributed by atoms with Crippen molar-refractivity contribution in [1.82, 2.24) is 0 Å². The quantitative estimate of drug-likeness (QED) is 0.543. The summed E-state index contributed by atoms with van der Waals surface area (Å²) in [5.74, 6) is 0. The number of ether oxygens (including phenoxy) is 1. The molecule has 0 aromatic carbocycles. The Bertz CT molecular complexity index is 302. The van der Waals surface area contributed by atoms with Crippen LogP contribution >= 0.6 is 0 Å². The summed E-state index contributed by atoms with van der Waals surface area (Å²) in [7, 11) is 0. The molecule has 1 rings (SSSR count). The lowest BCUT2D eigenvalue weighted by Crippen LogP contribution is -2.13. The van der Waals surface area contributed by atoms with Crippen LogP contribution in [-0.4, -0.2) is 22.9 Å². The SMILES string of the molecule is C=C(C)[C@@H](O)CC[C@H]1O[C@]1(C)CCC=C(C)C. The Kier molecular flexibility index (Phi) is 4.96. The Morgan fingerprint density at radius 3 is 2.65 bits per heavy atom. The van der Waals surface area contributed by atoms with Crippen LogP contribution in [0.15, 0.2) is 23.8 Å². The van der Waals surface area contributed by atoms with Gasteiger partial charge in [-0.15, -0.1) is 0 Å². The van der Waals surface area contributed by atoms with Crippen molar-refractivity contribution in [3.63, 3.8) is 0 Å². The Morgan fingerprint density at radius 1 is 1.47 bits per heavy atom. The number of hydrogen-bond donors (Lipinski definition) is 1. The van der Waals surface area contributed by atoms with Gasteiger partial charge in [0.05, 0.1) is 17.8 Å². The smallest absolute Gasteiger partial charge is 0.0923 e. The van der Waals surface area contributed by atoms with Gasteiger partial charge >= 0.3 is 0 Å². The fraction of sp³-hybridized carbons (Fsp3) is 0.733. The minimum absolute atomic E-state index is 0.0424. The molecule has 3 atom stereocenters. The molecule has 2 heteroatoms. The van der Waals surface area contributed by atoms with Crippen LogP contribution in [0.25, 0.3) is 0 Å². The number of epoxide rings is 1. The molecule has 98 valence electrons. The second-order valence-corrected chi connectivity index (χ2v) is 5.68. The molecule has 0 aromatic rings. The van der Waals surface area contributed by atoms with E-state index in [1.54, 1.807) is 0 Å². The Labute approximate surface area is 105 Å². The molecule has 0 bridgehead atoms. The summed E-state index contributed by atoms with van der Waals surface area (Å²) in [6.07, 6.45) is 6.05. The summed E-state index contributed by atoms with van der Waals surface area (Å²) in [4.78, 5) is 0. The van der Waals surface area contributed by atoms with Gasteiger partial charge in [0.15, 0.2) is 0 Å². The van der Waals surface area contributed by atoms with Gasteiger partial charge in [0.2, 0.25) is 0 Å². The van der Waals surface area contributed by atoms with E-state index in [1.165, 1.54) is 5.57 Å². The highest BCUT2D eigenvalue weighted by atomic mass is 16.6. The second kappa shape index (κ2) is 5.83. The summed E-state index contributed by atoms with van der Waals surface area (Å²) in [5, 5.41) is 9.66. The molecule has 1 saturated heterocycles. The lowest BCUT2D eigenvalue weighted by molar-refractivity contribution is 0.192. The minimum atomic E-state index is -0.374. The fourth-order valence-electron chi connectivity index (χ4n) is 2.08. The third-order valence-electron chi connectivity index (χ3n) is 3.50. The summed E-state index contributed by atoms with van der Waals surface area (Å²) in [5.41, 5.74) is 2.25. The van der Waals surface area contributed by atoms with Gasteiger partial charge in [-0.1, -0.05) is 23.8 Å². The summed E-state index contributed by atoms with van der Waals surface area (Å²) in [6.45, 7) is 12.0. The van der Waals surface area contributed by atoms with Crippen LogP contribution in [0.2, 0.25) is 0 Å². The first-order valence-electron chi connectivity index (χ1n) is 6.50. The molecule has 17 heavy (non-hydrogen) atoms. The van der Waals surface area contributed by atoms with E-state index in [0.29, 0.717) is 6.10 Å². The molecule has 1 fully saturated rings. The first-order valence-corrected chi connectivity index (χ1v) is 6.50. The predicted octanol–water partition coefficient (Wildman–Crippen LogP) is 3.61. The molecular formula is C15H26O2. The molecule has 0 radical (unpaired) electrons. The van der Waals surface area contributed by atoms with Gasteiger partial charge in [0, 0.05) is 0 Å². The summed E-state index contributed by atoms with van der Waals surface area (Å²) in [6, 6.07) is 0. The number of rotatable bonds is 7. The van der Waals surface area contributed by atoms with Gasteiger partial charge in [-0.2, -0.15) is 0 Å². The first kappa shape index (κ1) is 14.5. The zero-order chi connectivity index (χ0) is 13.1. The third kappa shape index (κ3) is 4.64. The fourth-order valence-corrected chi connectivity index (χ4v) is 2.08. The highest BCUT2D eigenvalue weighted by Crippen LogP contribution is 2.43. The van der Waals surface area contributed by atoms with Gasteiger partial charge < -0.3 is 9.84 Å². The molecule has 1 N–H and O–H groups in total. The van der Waals surface area contributed by atoms with Crippen molar-refractivity contribution in [3.05, 3.63) is 23.8 Å². The molecule has 1 aliphatic heterocycles. The number of allylic oxidation sites excluding steroid dienone is 2. The molecule has 0 saturated carbocycles. The highest BCUT2D eigenvalue weighted by molar-refractivity contribution is 5.04. The number of hydrogen-bond acceptors (Lipinski definition) is 2. The van der Waals surface area contributed by atoms with Crippen LogP contribution in [0, 0.1) is 0 Å². The highest BCUT2D eigenvalue weighted by Gasteiger charge is 2.50. The van der Waals surface area contributed by atoms with Crippen LogP contribution in [0.5, 0.6) is 0 Å². The van der Waals surface area contributed by atoms with Gasteiger partial charge in [-0.25, -0.2) is 0 Å². The van der Waals surface area contributed by atoms with Crippen LogP contribution in [-0.2, 0) is 4.74 Å². The molecule has 0 unspecified atom stereocenters. The van der Waals surface area contributed by atoms with Crippen molar-refractivity contribution in [2.24, 2.45) is 0 Å². The molecule has 1 aliphatic rings. The predicted molar refractivity (Wildman–Crippen MR) is 72.0 cm³/mol. The standard InChI is InChI=1S/C15H26O2/c1-11(2)7-6-10-15(5)14(17-15)9-8-13(16)12(3)4/h7,13-14,16H,3,6,8-10H2,1-2,4-5H3/t13-,14+,15+/m0/s1. The van der Waals surface area contributed by atoms with E-state index < -0.39 is 0 Å². The van der Waals surface area contributed by atoms with E-state index in [9.17, 15) is 5.11 Å². The maximum Gasteiger partial charge on any atom is 0.0923 e. The average Bonchev–Trinajstić information content (AvgIpc) is 2.85. The maximum absolute atomic E-state index is 9.66. The molecule has 2 nitrogen and oxygen atoms in total. The van der Waals surface area contributed by atoms with E-state index in [2.05, 4.69) is 33.4 Å². The van der Waals surface area contributed by atoms with Crippen molar-refractivity contribution in [2.45, 2.75) is 71.2 Å². The van der Waals surface area contributed by atoms with E-state index in [1.807, 2.05) is 6.92 Å². The van der Waals surface area contributed by atoms with Crippen LogP contribution in [0.1, 0.15) is 53.4 Å². The van der Waals surface area contributed by atoms with E-state index in [4.69, 9.17) is 4.74 Å². The molecule has 0 aromatic heterocycles. The third-order valence-corrected chi connectivity index (χ3v) is 3.50. The van der Waals surface area contributed by atoms with Crippen molar-refractivity contribution < 1.29 is 9.84 Å².